The number of rotatable bonds is 13. The number of halogens is 2. The number of likely N-dealkylation sites (tertiary alicyclic amines) is 1. The zero-order chi connectivity index (χ0) is 34.0. The second-order valence-electron chi connectivity index (χ2n) is 12.6. The van der Waals surface area contributed by atoms with Crippen LogP contribution >= 0.6 is 27.5 Å². The zero-order valence-corrected chi connectivity index (χ0v) is 28.9. The second-order valence-corrected chi connectivity index (χ2v) is 14.3. The first-order valence-corrected chi connectivity index (χ1v) is 17.4. The molecule has 10 heteroatoms. The third-order valence-corrected chi connectivity index (χ3v) is 10.9. The van der Waals surface area contributed by atoms with Crippen molar-refractivity contribution in [1.29, 1.82) is 0 Å². The number of benzene rings is 3. The average molecular weight is 733 g/mol. The van der Waals surface area contributed by atoms with E-state index in [0.29, 0.717) is 30.1 Å². The van der Waals surface area contributed by atoms with Crippen LogP contribution in [0.1, 0.15) is 17.5 Å². The summed E-state index contributed by atoms with van der Waals surface area (Å²) in [5, 5.41) is 11.4. The lowest BCUT2D eigenvalue weighted by Crippen LogP contribution is -2.59. The minimum absolute atomic E-state index is 0.163. The maximum atomic E-state index is 15.0. The number of anilines is 1. The van der Waals surface area contributed by atoms with Gasteiger partial charge in [0.25, 0.3) is 5.91 Å². The molecule has 48 heavy (non-hydrogen) atoms. The van der Waals surface area contributed by atoms with Crippen molar-refractivity contribution in [1.82, 2.24) is 9.80 Å². The predicted molar refractivity (Wildman–Crippen MR) is 190 cm³/mol. The molecule has 7 atom stereocenters. The van der Waals surface area contributed by atoms with Gasteiger partial charge in [0.2, 0.25) is 11.8 Å². The smallest absolute Gasteiger partial charge is 0.253 e. The number of fused-ring (bicyclic) bond motifs is 1. The van der Waals surface area contributed by atoms with Gasteiger partial charge >= 0.3 is 0 Å². The molecule has 6 rings (SSSR count). The van der Waals surface area contributed by atoms with Gasteiger partial charge < -0.3 is 24.5 Å². The summed E-state index contributed by atoms with van der Waals surface area (Å²) in [5.74, 6) is -2.75. The molecular formula is C38H39BrClN3O5. The van der Waals surface area contributed by atoms with Crippen LogP contribution in [0.15, 0.2) is 110 Å². The second kappa shape index (κ2) is 14.4. The number of carbonyl (C=O) groups excluding carboxylic acids is 3. The van der Waals surface area contributed by atoms with Gasteiger partial charge in [0.05, 0.1) is 30.6 Å². The van der Waals surface area contributed by atoms with E-state index in [1.807, 2.05) is 60.7 Å². The summed E-state index contributed by atoms with van der Waals surface area (Å²) in [7, 11) is 0. The van der Waals surface area contributed by atoms with E-state index < -0.39 is 35.6 Å². The van der Waals surface area contributed by atoms with Gasteiger partial charge in [-0.1, -0.05) is 100 Å². The first-order valence-electron chi connectivity index (χ1n) is 16.1. The van der Waals surface area contributed by atoms with E-state index in [1.165, 1.54) is 4.90 Å². The minimum atomic E-state index is -1.31. The van der Waals surface area contributed by atoms with Crippen molar-refractivity contribution >= 4 is 50.9 Å². The first kappa shape index (κ1) is 34.1. The van der Waals surface area contributed by atoms with Crippen LogP contribution in [0.4, 0.5) is 5.69 Å². The van der Waals surface area contributed by atoms with E-state index in [1.54, 1.807) is 46.2 Å². The molecule has 3 fully saturated rings. The summed E-state index contributed by atoms with van der Waals surface area (Å²) in [6.07, 6.45) is 3.33. The number of hydrogen-bond acceptors (Lipinski definition) is 5. The number of amides is 3. The summed E-state index contributed by atoms with van der Waals surface area (Å²) >= 11 is 9.98. The van der Waals surface area contributed by atoms with Gasteiger partial charge in [-0.3, -0.25) is 14.4 Å². The van der Waals surface area contributed by atoms with Crippen molar-refractivity contribution in [3.8, 4) is 0 Å². The van der Waals surface area contributed by atoms with Crippen molar-refractivity contribution in [3.63, 3.8) is 0 Å². The highest BCUT2D eigenvalue weighted by atomic mass is 79.9. The van der Waals surface area contributed by atoms with Crippen molar-refractivity contribution in [2.24, 2.45) is 11.8 Å². The Morgan fingerprint density at radius 2 is 1.60 bits per heavy atom. The van der Waals surface area contributed by atoms with Gasteiger partial charge in [-0.25, -0.2) is 0 Å². The van der Waals surface area contributed by atoms with Gasteiger partial charge in [0.15, 0.2) is 0 Å². The zero-order valence-electron chi connectivity index (χ0n) is 26.5. The van der Waals surface area contributed by atoms with E-state index in [0.717, 1.165) is 11.1 Å². The molecule has 250 valence electrons. The number of hydrogen-bond donors (Lipinski definition) is 1. The third-order valence-electron chi connectivity index (χ3n) is 9.76. The highest BCUT2D eigenvalue weighted by Gasteiger charge is 2.77. The first-order chi connectivity index (χ1) is 23.2. The Labute approximate surface area is 294 Å². The Hall–Kier alpha value is -3.76. The van der Waals surface area contributed by atoms with Gasteiger partial charge in [-0.05, 0) is 48.2 Å². The van der Waals surface area contributed by atoms with Crippen LogP contribution in [0.5, 0.6) is 0 Å². The average Bonchev–Trinajstić information content (AvgIpc) is 3.70. The normalized spacial score (nSPS) is 26.2. The molecule has 0 aromatic heterocycles. The van der Waals surface area contributed by atoms with Crippen LogP contribution in [-0.2, 0) is 32.1 Å². The van der Waals surface area contributed by atoms with E-state index in [2.05, 4.69) is 29.1 Å². The lowest BCUT2D eigenvalue weighted by molar-refractivity contribution is -0.147. The largest absolute Gasteiger partial charge is 0.394 e. The fourth-order valence-corrected chi connectivity index (χ4v) is 8.85. The number of aliphatic hydroxyl groups excluding tert-OH is 1. The Morgan fingerprint density at radius 3 is 2.21 bits per heavy atom. The van der Waals surface area contributed by atoms with Crippen molar-refractivity contribution in [3.05, 3.63) is 126 Å². The molecule has 3 amide bonds. The standard InChI is InChI=1S/C38H39BrClN3O5/c1-3-19-41(23-26-13-9-6-10-14-26)35(45)31-32-36(46)43(29(24-44)21-25-11-7-5-8-12-25)34(38(32)22-30(39)33(31)48-38)37(47)42(20-4-2)28-17-15-27(40)16-18-28/h3-18,29-34,44H,1-2,19-24H2/t29-,30?,31+,32+,33+,34?,38?/m1/s1. The van der Waals surface area contributed by atoms with Crippen LogP contribution in [-0.4, -0.2) is 80.9 Å². The quantitative estimate of drug-likeness (QED) is 0.187. The van der Waals surface area contributed by atoms with Gasteiger partial charge in [-0.15, -0.1) is 13.2 Å². The molecule has 3 unspecified atom stereocenters. The molecule has 3 saturated heterocycles. The molecule has 3 aromatic carbocycles. The number of nitrogens with zero attached hydrogens (tertiary/aromatic N) is 3. The maximum Gasteiger partial charge on any atom is 0.253 e. The summed E-state index contributed by atoms with van der Waals surface area (Å²) in [4.78, 5) is 49.0. The lowest BCUT2D eigenvalue weighted by Gasteiger charge is -2.39. The van der Waals surface area contributed by atoms with E-state index in [4.69, 9.17) is 16.3 Å². The molecule has 3 aliphatic heterocycles. The molecule has 3 aliphatic rings. The predicted octanol–water partition coefficient (Wildman–Crippen LogP) is 5.43. The lowest BCUT2D eigenvalue weighted by atomic mass is 9.70. The fourth-order valence-electron chi connectivity index (χ4n) is 7.78. The Kier molecular flexibility index (Phi) is 10.2. The molecule has 8 nitrogen and oxygen atoms in total. The van der Waals surface area contributed by atoms with E-state index in [-0.39, 0.29) is 42.2 Å². The monoisotopic (exact) mass is 731 g/mol. The van der Waals surface area contributed by atoms with Crippen molar-refractivity contribution in [2.45, 2.75) is 48.0 Å². The van der Waals surface area contributed by atoms with Gasteiger partial charge in [-0.2, -0.15) is 0 Å². The maximum absolute atomic E-state index is 15.0. The summed E-state index contributed by atoms with van der Waals surface area (Å²) < 4.78 is 6.81. The molecule has 3 heterocycles. The number of ether oxygens (including phenoxy) is 1. The van der Waals surface area contributed by atoms with Crippen LogP contribution in [0, 0.1) is 11.8 Å². The Bertz CT molecular complexity index is 1660. The van der Waals surface area contributed by atoms with Crippen molar-refractivity contribution < 1.29 is 24.2 Å². The SMILES string of the molecule is C=CCN(Cc1ccccc1)C(=O)[C@H]1[C@H]2C(=O)N([C@@H](CO)Cc3ccccc3)C(C(=O)N(CC=C)c3ccc(Cl)cc3)C23CC(Br)[C@@H]1O3. The number of alkyl halides is 1. The van der Waals surface area contributed by atoms with Gasteiger partial charge in [0.1, 0.15) is 11.6 Å². The molecule has 3 aromatic rings. The minimum Gasteiger partial charge on any atom is -0.394 e. The molecule has 1 N–H and O–H groups in total. The Balaban J connectivity index is 1.44. The topological polar surface area (TPSA) is 90.4 Å². The molecule has 0 aliphatic carbocycles. The number of carbonyl (C=O) groups is 3. The van der Waals surface area contributed by atoms with E-state index in [9.17, 15) is 14.7 Å². The fraction of sp³-hybridized carbons (Fsp3) is 0.342. The Morgan fingerprint density at radius 1 is 0.979 bits per heavy atom. The molecule has 0 radical (unpaired) electrons. The van der Waals surface area contributed by atoms with Crippen LogP contribution in [0.3, 0.4) is 0 Å². The molecule has 0 saturated carbocycles. The molecule has 1 spiro atoms. The summed E-state index contributed by atoms with van der Waals surface area (Å²) in [6.45, 7) is 8.16. The third kappa shape index (κ3) is 6.13. The molecular weight excluding hydrogens is 694 g/mol. The summed E-state index contributed by atoms with van der Waals surface area (Å²) in [5.41, 5.74) is 1.12. The van der Waals surface area contributed by atoms with Crippen molar-refractivity contribution in [2.75, 3.05) is 24.6 Å². The highest BCUT2D eigenvalue weighted by molar-refractivity contribution is 9.09. The highest BCUT2D eigenvalue weighted by Crippen LogP contribution is 2.61. The van der Waals surface area contributed by atoms with Crippen LogP contribution in [0.25, 0.3) is 0 Å². The number of aliphatic hydroxyl groups is 1. The van der Waals surface area contributed by atoms with E-state index >= 15 is 4.79 Å². The van der Waals surface area contributed by atoms with Crippen LogP contribution < -0.4 is 4.90 Å². The van der Waals surface area contributed by atoms with Crippen LogP contribution in [0.2, 0.25) is 5.02 Å². The summed E-state index contributed by atoms with van der Waals surface area (Å²) in [6, 6.07) is 24.2. The molecule has 2 bridgehead atoms. The van der Waals surface area contributed by atoms with Gasteiger partial charge in [0, 0.05) is 35.2 Å².